The molecule has 0 radical (unpaired) electrons. The fourth-order valence-corrected chi connectivity index (χ4v) is 0.471. The van der Waals surface area contributed by atoms with Gasteiger partial charge >= 0.3 is 12.0 Å². The molecule has 0 fully saturated rings. The lowest BCUT2D eigenvalue weighted by molar-refractivity contribution is -0.468. The highest BCUT2D eigenvalue weighted by Crippen LogP contribution is 1.92. The first-order chi connectivity index (χ1) is 6.02. The van der Waals surface area contributed by atoms with Crippen molar-refractivity contribution in [3.63, 3.8) is 0 Å². The third-order valence-electron chi connectivity index (χ3n) is 0.971. The van der Waals surface area contributed by atoms with Gasteiger partial charge in [0.05, 0.1) is 7.11 Å². The highest BCUT2D eigenvalue weighted by Gasteiger charge is 2.25. The van der Waals surface area contributed by atoms with E-state index in [4.69, 9.17) is 5.26 Å². The number of carbonyl (C=O) groups is 2. The zero-order valence-electron chi connectivity index (χ0n) is 6.59. The Labute approximate surface area is 72.4 Å². The second-order valence-corrected chi connectivity index (χ2v) is 1.79. The maximum absolute atomic E-state index is 10.7. The maximum Gasteiger partial charge on any atom is 0.430 e. The molecule has 2 amide bonds. The molecule has 0 aromatic heterocycles. The number of nitro groups is 1. The van der Waals surface area contributed by atoms with Crippen LogP contribution in [0.4, 0.5) is 4.79 Å². The molecule has 0 aliphatic heterocycles. The lowest BCUT2D eigenvalue weighted by atomic mass is 10.5. The van der Waals surface area contributed by atoms with Crippen molar-refractivity contribution in [2.45, 2.75) is 0 Å². The van der Waals surface area contributed by atoms with Crippen molar-refractivity contribution in [3.8, 4) is 6.19 Å². The van der Waals surface area contributed by atoms with Crippen molar-refractivity contribution in [1.82, 2.24) is 4.90 Å². The Kier molecular flexibility index (Phi) is 3.88. The van der Waals surface area contributed by atoms with Crippen LogP contribution in [0.5, 0.6) is 0 Å². The monoisotopic (exact) mass is 187 g/mol. The largest absolute Gasteiger partial charge is 0.452 e. The lowest BCUT2D eigenvalue weighted by Crippen LogP contribution is -2.36. The van der Waals surface area contributed by atoms with Gasteiger partial charge in [0.1, 0.15) is 0 Å². The zero-order valence-corrected chi connectivity index (χ0v) is 6.59. The Bertz CT molecular complexity index is 280. The van der Waals surface area contributed by atoms with Crippen molar-refractivity contribution in [2.75, 3.05) is 13.7 Å². The number of nitriles is 1. The van der Waals surface area contributed by atoms with Gasteiger partial charge in [0.15, 0.2) is 6.19 Å². The van der Waals surface area contributed by atoms with E-state index in [1.165, 1.54) is 0 Å². The smallest absolute Gasteiger partial charge is 0.430 e. The number of hydrogen-bond donors (Lipinski definition) is 0. The lowest BCUT2D eigenvalue weighted by Gasteiger charge is -2.06. The SMILES string of the molecule is COC(=O)N(C#N)C(=O)C[N+](=O)[O-]. The Morgan fingerprint density at radius 3 is 2.54 bits per heavy atom. The summed E-state index contributed by atoms with van der Waals surface area (Å²) < 4.78 is 4.03. The molecule has 0 rings (SSSR count). The number of carbonyl (C=O) groups excluding carboxylic acids is 2. The van der Waals surface area contributed by atoms with Crippen molar-refractivity contribution in [1.29, 1.82) is 5.26 Å². The molecule has 0 spiro atoms. The van der Waals surface area contributed by atoms with Gasteiger partial charge in [0, 0.05) is 4.92 Å². The fourth-order valence-electron chi connectivity index (χ4n) is 0.471. The van der Waals surface area contributed by atoms with Crippen LogP contribution in [0.15, 0.2) is 0 Å². The molecule has 0 bridgehead atoms. The maximum atomic E-state index is 10.7. The molecule has 0 unspecified atom stereocenters. The predicted octanol–water partition coefficient (Wildman–Crippen LogP) is -0.661. The van der Waals surface area contributed by atoms with E-state index in [0.29, 0.717) is 0 Å². The molecular formula is C5H5N3O5. The van der Waals surface area contributed by atoms with Gasteiger partial charge in [-0.2, -0.15) is 5.26 Å². The Morgan fingerprint density at radius 2 is 2.23 bits per heavy atom. The summed E-state index contributed by atoms with van der Waals surface area (Å²) in [6.45, 7) is -1.12. The summed E-state index contributed by atoms with van der Waals surface area (Å²) in [5.74, 6) is -1.24. The Balaban J connectivity index is 4.43. The third kappa shape index (κ3) is 3.15. The molecule has 0 atom stereocenters. The first kappa shape index (κ1) is 10.8. The molecule has 70 valence electrons. The molecule has 0 saturated carbocycles. The van der Waals surface area contributed by atoms with Crippen LogP contribution in [0.1, 0.15) is 0 Å². The van der Waals surface area contributed by atoms with Crippen LogP contribution in [-0.4, -0.2) is 35.5 Å². The number of ether oxygens (including phenoxy) is 1. The van der Waals surface area contributed by atoms with E-state index in [1.54, 1.807) is 0 Å². The molecule has 8 nitrogen and oxygen atoms in total. The number of imide groups is 1. The summed E-state index contributed by atoms with van der Waals surface area (Å²) in [5.41, 5.74) is 0. The summed E-state index contributed by atoms with van der Waals surface area (Å²) >= 11 is 0. The number of rotatable bonds is 2. The highest BCUT2D eigenvalue weighted by atomic mass is 16.6. The average molecular weight is 187 g/mol. The Morgan fingerprint density at radius 1 is 1.69 bits per heavy atom. The van der Waals surface area contributed by atoms with E-state index < -0.39 is 23.5 Å². The minimum atomic E-state index is -1.24. The molecule has 0 aliphatic rings. The van der Waals surface area contributed by atoms with E-state index >= 15 is 0 Å². The molecule has 0 aromatic rings. The van der Waals surface area contributed by atoms with Crippen LogP contribution in [0.3, 0.4) is 0 Å². The molecule has 13 heavy (non-hydrogen) atoms. The van der Waals surface area contributed by atoms with Gasteiger partial charge in [-0.3, -0.25) is 14.9 Å². The summed E-state index contributed by atoms with van der Waals surface area (Å²) in [6.07, 6.45) is -0.0787. The van der Waals surface area contributed by atoms with Gasteiger partial charge in [0.2, 0.25) is 0 Å². The third-order valence-corrected chi connectivity index (χ3v) is 0.971. The van der Waals surface area contributed by atoms with Crippen LogP contribution < -0.4 is 0 Å². The van der Waals surface area contributed by atoms with Gasteiger partial charge in [-0.05, 0) is 0 Å². The number of hydrogen-bond acceptors (Lipinski definition) is 6. The molecule has 0 N–H and O–H groups in total. The van der Waals surface area contributed by atoms with Crippen LogP contribution in [0.25, 0.3) is 0 Å². The van der Waals surface area contributed by atoms with Crippen molar-refractivity contribution in [2.24, 2.45) is 0 Å². The molecule has 0 heterocycles. The first-order valence-corrected chi connectivity index (χ1v) is 2.95. The summed E-state index contributed by atoms with van der Waals surface area (Å²) in [4.78, 5) is 30.2. The van der Waals surface area contributed by atoms with Crippen molar-refractivity contribution >= 4 is 12.0 Å². The van der Waals surface area contributed by atoms with Gasteiger partial charge in [-0.1, -0.05) is 0 Å². The minimum Gasteiger partial charge on any atom is -0.452 e. The van der Waals surface area contributed by atoms with E-state index in [-0.39, 0.29) is 4.90 Å². The Hall–Kier alpha value is -2.17. The van der Waals surface area contributed by atoms with Gasteiger partial charge in [-0.25, -0.2) is 4.79 Å². The standard InChI is InChI=1S/C5H5N3O5/c1-13-5(10)7(3-6)4(9)2-8(11)12/h2H2,1H3. The van der Waals surface area contributed by atoms with E-state index in [1.807, 2.05) is 0 Å². The number of amides is 2. The molecule has 0 aliphatic carbocycles. The van der Waals surface area contributed by atoms with Crippen LogP contribution in [0.2, 0.25) is 0 Å². The van der Waals surface area contributed by atoms with Crippen LogP contribution >= 0.6 is 0 Å². The summed E-state index contributed by atoms with van der Waals surface area (Å²) in [7, 11) is 0.951. The van der Waals surface area contributed by atoms with E-state index in [0.717, 1.165) is 13.3 Å². The quantitative estimate of drug-likeness (QED) is 0.245. The fraction of sp³-hybridized carbons (Fsp3) is 0.400. The van der Waals surface area contributed by atoms with Gasteiger partial charge in [-0.15, -0.1) is 4.90 Å². The summed E-state index contributed by atoms with van der Waals surface area (Å²) in [5, 5.41) is 18.1. The van der Waals surface area contributed by atoms with Gasteiger partial charge < -0.3 is 4.74 Å². The van der Waals surface area contributed by atoms with Crippen molar-refractivity contribution < 1.29 is 19.2 Å². The normalized spacial score (nSPS) is 8.31. The van der Waals surface area contributed by atoms with Crippen LogP contribution in [-0.2, 0) is 9.53 Å². The van der Waals surface area contributed by atoms with Gasteiger partial charge in [0.25, 0.3) is 6.54 Å². The van der Waals surface area contributed by atoms with E-state index in [2.05, 4.69) is 4.74 Å². The molecule has 0 saturated heterocycles. The number of methoxy groups -OCH3 is 1. The molecule has 0 aromatic carbocycles. The van der Waals surface area contributed by atoms with Crippen molar-refractivity contribution in [3.05, 3.63) is 10.1 Å². The van der Waals surface area contributed by atoms with Crippen LogP contribution in [0, 0.1) is 21.6 Å². The predicted molar refractivity (Wildman–Crippen MR) is 36.7 cm³/mol. The minimum absolute atomic E-state index is 0.0250. The first-order valence-electron chi connectivity index (χ1n) is 2.95. The van der Waals surface area contributed by atoms with E-state index in [9.17, 15) is 19.7 Å². The second-order valence-electron chi connectivity index (χ2n) is 1.79. The topological polar surface area (TPSA) is 114 Å². The molecular weight excluding hydrogens is 182 g/mol. The number of nitrogens with zero attached hydrogens (tertiary/aromatic N) is 3. The highest BCUT2D eigenvalue weighted by molar-refractivity contribution is 5.94. The average Bonchev–Trinajstić information content (AvgIpc) is 2.03. The zero-order chi connectivity index (χ0) is 10.4. The molecule has 8 heteroatoms. The second kappa shape index (κ2) is 4.66. The summed E-state index contributed by atoms with van der Waals surface area (Å²) in [6, 6.07) is 0.